The first kappa shape index (κ1) is 11.4. The maximum Gasteiger partial charge on any atom is 0.228 e. The molecule has 0 amide bonds. The fourth-order valence-corrected chi connectivity index (χ4v) is 1.44. The van der Waals surface area contributed by atoms with Gasteiger partial charge in [-0.05, 0) is 13.0 Å². The van der Waals surface area contributed by atoms with E-state index >= 15 is 0 Å². The molecule has 90 valence electrons. The van der Waals surface area contributed by atoms with E-state index in [2.05, 4.69) is 25.8 Å². The third-order valence-corrected chi connectivity index (χ3v) is 2.19. The number of nitrogens with one attached hydrogen (secondary N) is 2. The van der Waals surface area contributed by atoms with Gasteiger partial charge in [0.05, 0.1) is 0 Å². The molecule has 0 unspecified atom stereocenters. The highest BCUT2D eigenvalue weighted by molar-refractivity contribution is 5.51. The molecule has 0 aliphatic rings. The summed E-state index contributed by atoms with van der Waals surface area (Å²) in [6, 6.07) is 3.89. The minimum absolute atomic E-state index is 0.637. The molecule has 2 heterocycles. The van der Waals surface area contributed by atoms with Crippen LogP contribution in [0.1, 0.15) is 12.8 Å². The molecule has 2 N–H and O–H groups in total. The summed E-state index contributed by atoms with van der Waals surface area (Å²) in [5.74, 6) is 1.51. The van der Waals surface area contributed by atoms with Crippen molar-refractivity contribution >= 4 is 11.5 Å². The molecule has 17 heavy (non-hydrogen) atoms. The summed E-state index contributed by atoms with van der Waals surface area (Å²) in [6.07, 6.45) is 3.89. The average molecular weight is 233 g/mol. The van der Waals surface area contributed by atoms with Crippen molar-refractivity contribution in [2.75, 3.05) is 23.7 Å². The average Bonchev–Trinajstić information content (AvgIpc) is 2.83. The van der Waals surface area contributed by atoms with E-state index in [9.17, 15) is 0 Å². The van der Waals surface area contributed by atoms with Crippen LogP contribution in [0.15, 0.2) is 29.2 Å². The van der Waals surface area contributed by atoms with Crippen LogP contribution >= 0.6 is 0 Å². The Labute approximate surface area is 99.5 Å². The van der Waals surface area contributed by atoms with Crippen molar-refractivity contribution in [3.05, 3.63) is 30.5 Å². The molecule has 0 aromatic carbocycles. The number of pyridine rings is 1. The first-order valence-electron chi connectivity index (χ1n) is 5.58. The van der Waals surface area contributed by atoms with Gasteiger partial charge in [0.1, 0.15) is 5.82 Å². The molecule has 6 heteroatoms. The van der Waals surface area contributed by atoms with E-state index in [0.29, 0.717) is 12.3 Å². The molecule has 0 saturated carbocycles. The molecule has 0 aliphatic carbocycles. The number of hydrogen-bond donors (Lipinski definition) is 2. The second kappa shape index (κ2) is 5.83. The van der Waals surface area contributed by atoms with E-state index in [1.165, 1.54) is 6.33 Å². The third kappa shape index (κ3) is 3.44. The highest BCUT2D eigenvalue weighted by atomic mass is 16.5. The first-order chi connectivity index (χ1) is 8.38. The lowest BCUT2D eigenvalue weighted by atomic mass is 10.3. The molecule has 0 bridgehead atoms. The number of aromatic nitrogens is 3. The van der Waals surface area contributed by atoms with Crippen molar-refractivity contribution in [3.63, 3.8) is 0 Å². The number of hydrogen-bond acceptors (Lipinski definition) is 6. The van der Waals surface area contributed by atoms with Gasteiger partial charge in [-0.2, -0.15) is 4.98 Å². The summed E-state index contributed by atoms with van der Waals surface area (Å²) in [4.78, 5) is 8.15. The van der Waals surface area contributed by atoms with Crippen LogP contribution in [-0.4, -0.2) is 28.2 Å². The van der Waals surface area contributed by atoms with Crippen molar-refractivity contribution in [3.8, 4) is 0 Å². The first-order valence-corrected chi connectivity index (χ1v) is 5.58. The van der Waals surface area contributed by atoms with Gasteiger partial charge in [-0.15, -0.1) is 0 Å². The maximum atomic E-state index is 4.91. The van der Waals surface area contributed by atoms with Crippen LogP contribution in [-0.2, 0) is 6.42 Å². The smallest absolute Gasteiger partial charge is 0.228 e. The Morgan fingerprint density at radius 2 is 2.24 bits per heavy atom. The van der Waals surface area contributed by atoms with Crippen molar-refractivity contribution < 1.29 is 4.52 Å². The second-order valence-corrected chi connectivity index (χ2v) is 3.47. The molecule has 0 fully saturated rings. The molecular formula is C11H15N5O. The summed E-state index contributed by atoms with van der Waals surface area (Å²) in [5.41, 5.74) is 1.02. The van der Waals surface area contributed by atoms with E-state index in [4.69, 9.17) is 4.52 Å². The van der Waals surface area contributed by atoms with Crippen LogP contribution < -0.4 is 10.6 Å². The quantitative estimate of drug-likeness (QED) is 0.788. The van der Waals surface area contributed by atoms with E-state index in [0.717, 1.165) is 24.6 Å². The molecule has 0 saturated heterocycles. The van der Waals surface area contributed by atoms with Gasteiger partial charge in [0.15, 0.2) is 6.33 Å². The van der Waals surface area contributed by atoms with Crippen LogP contribution in [0.4, 0.5) is 11.5 Å². The van der Waals surface area contributed by atoms with Crippen LogP contribution in [0.2, 0.25) is 0 Å². The minimum Gasteiger partial charge on any atom is -0.384 e. The van der Waals surface area contributed by atoms with Gasteiger partial charge in [0.25, 0.3) is 0 Å². The fourth-order valence-electron chi connectivity index (χ4n) is 1.44. The molecule has 2 rings (SSSR count). The topological polar surface area (TPSA) is 75.9 Å². The Kier molecular flexibility index (Phi) is 3.90. The highest BCUT2D eigenvalue weighted by Gasteiger charge is 1.99. The Balaban J connectivity index is 1.84. The van der Waals surface area contributed by atoms with Gasteiger partial charge < -0.3 is 15.2 Å². The normalized spacial score (nSPS) is 10.2. The summed E-state index contributed by atoms with van der Waals surface area (Å²) in [7, 11) is 0. The molecule has 2 aromatic rings. The largest absolute Gasteiger partial charge is 0.384 e. The Bertz CT molecular complexity index is 443. The van der Waals surface area contributed by atoms with Crippen LogP contribution in [0.3, 0.4) is 0 Å². The van der Waals surface area contributed by atoms with Gasteiger partial charge >= 0.3 is 0 Å². The monoisotopic (exact) mass is 233 g/mol. The van der Waals surface area contributed by atoms with Crippen LogP contribution in [0, 0.1) is 0 Å². The van der Waals surface area contributed by atoms with Crippen molar-refractivity contribution in [1.29, 1.82) is 0 Å². The summed E-state index contributed by atoms with van der Waals surface area (Å²) in [6.45, 7) is 3.65. The predicted molar refractivity (Wildman–Crippen MR) is 64.9 cm³/mol. The van der Waals surface area contributed by atoms with Crippen LogP contribution in [0.5, 0.6) is 0 Å². The molecule has 0 aliphatic heterocycles. The number of rotatable bonds is 6. The highest BCUT2D eigenvalue weighted by Crippen LogP contribution is 2.11. The molecule has 0 radical (unpaired) electrons. The minimum atomic E-state index is 0.637. The Morgan fingerprint density at radius 3 is 3.00 bits per heavy atom. The summed E-state index contributed by atoms with van der Waals surface area (Å²) in [5, 5.41) is 9.99. The van der Waals surface area contributed by atoms with Gasteiger partial charge in [-0.25, -0.2) is 4.98 Å². The van der Waals surface area contributed by atoms with Gasteiger partial charge in [-0.1, -0.05) is 5.16 Å². The van der Waals surface area contributed by atoms with Crippen LogP contribution in [0.25, 0.3) is 0 Å². The Hall–Kier alpha value is -2.11. The molecule has 2 aromatic heterocycles. The lowest BCUT2D eigenvalue weighted by Crippen LogP contribution is -2.06. The number of anilines is 2. The SMILES string of the molecule is CCNc1cc(NCCc2ncno2)ccn1. The van der Waals surface area contributed by atoms with Gasteiger partial charge in [0, 0.05) is 37.5 Å². The summed E-state index contributed by atoms with van der Waals surface area (Å²) < 4.78 is 4.91. The van der Waals surface area contributed by atoms with E-state index in [1.54, 1.807) is 6.20 Å². The zero-order chi connectivity index (χ0) is 11.9. The lowest BCUT2D eigenvalue weighted by molar-refractivity contribution is 0.380. The third-order valence-electron chi connectivity index (χ3n) is 2.19. The fraction of sp³-hybridized carbons (Fsp3) is 0.364. The molecule has 0 spiro atoms. The van der Waals surface area contributed by atoms with E-state index in [-0.39, 0.29) is 0 Å². The zero-order valence-electron chi connectivity index (χ0n) is 9.68. The van der Waals surface area contributed by atoms with Crippen molar-refractivity contribution in [2.24, 2.45) is 0 Å². The van der Waals surface area contributed by atoms with E-state index < -0.39 is 0 Å². The zero-order valence-corrected chi connectivity index (χ0v) is 9.68. The molecular weight excluding hydrogens is 218 g/mol. The standard InChI is InChI=1S/C11H15N5O/c1-2-12-10-7-9(3-5-14-10)13-6-4-11-15-8-16-17-11/h3,5,7-8H,2,4,6H2,1H3,(H2,12,13,14). The van der Waals surface area contributed by atoms with E-state index in [1.807, 2.05) is 19.1 Å². The second-order valence-electron chi connectivity index (χ2n) is 3.47. The predicted octanol–water partition coefficient (Wildman–Crippen LogP) is 1.55. The summed E-state index contributed by atoms with van der Waals surface area (Å²) >= 11 is 0. The van der Waals surface area contributed by atoms with Crippen molar-refractivity contribution in [2.45, 2.75) is 13.3 Å². The maximum absolute atomic E-state index is 4.91. The Morgan fingerprint density at radius 1 is 1.29 bits per heavy atom. The number of nitrogens with zero attached hydrogens (tertiary/aromatic N) is 3. The van der Waals surface area contributed by atoms with Crippen molar-refractivity contribution in [1.82, 2.24) is 15.1 Å². The molecule has 6 nitrogen and oxygen atoms in total. The van der Waals surface area contributed by atoms with Gasteiger partial charge in [-0.3, -0.25) is 0 Å². The molecule has 0 atom stereocenters. The lowest BCUT2D eigenvalue weighted by Gasteiger charge is -2.07. The van der Waals surface area contributed by atoms with Gasteiger partial charge in [0.2, 0.25) is 5.89 Å².